The van der Waals surface area contributed by atoms with Crippen LogP contribution in [0.3, 0.4) is 0 Å². The summed E-state index contributed by atoms with van der Waals surface area (Å²) in [5, 5.41) is 11.7. The SMILES string of the molecule is CC1(c2ccccc2)NC(=O)N(CC(=O)N2CCN(CCO)CC2)C1=O. The van der Waals surface area contributed by atoms with Gasteiger partial charge < -0.3 is 15.3 Å². The lowest BCUT2D eigenvalue weighted by molar-refractivity contribution is -0.139. The molecule has 8 heteroatoms. The van der Waals surface area contributed by atoms with Gasteiger partial charge in [-0.1, -0.05) is 30.3 Å². The summed E-state index contributed by atoms with van der Waals surface area (Å²) in [6.07, 6.45) is 0. The third-order valence-corrected chi connectivity index (χ3v) is 5.06. The Hall–Kier alpha value is -2.45. The Morgan fingerprint density at radius 2 is 1.81 bits per heavy atom. The first-order valence-electron chi connectivity index (χ1n) is 8.76. The minimum atomic E-state index is -1.15. The molecule has 1 unspecified atom stereocenters. The van der Waals surface area contributed by atoms with Crippen molar-refractivity contribution >= 4 is 17.8 Å². The molecular weight excluding hydrogens is 336 g/mol. The molecule has 26 heavy (non-hydrogen) atoms. The molecule has 0 aliphatic carbocycles. The maximum absolute atomic E-state index is 12.8. The van der Waals surface area contributed by atoms with E-state index in [2.05, 4.69) is 10.2 Å². The number of aliphatic hydroxyl groups is 1. The number of benzene rings is 1. The zero-order valence-electron chi connectivity index (χ0n) is 14.9. The highest BCUT2D eigenvalue weighted by atomic mass is 16.3. The van der Waals surface area contributed by atoms with Gasteiger partial charge in [-0.3, -0.25) is 19.4 Å². The number of hydrogen-bond donors (Lipinski definition) is 2. The van der Waals surface area contributed by atoms with Crippen LogP contribution in [0.15, 0.2) is 30.3 Å². The average molecular weight is 360 g/mol. The fraction of sp³-hybridized carbons (Fsp3) is 0.500. The van der Waals surface area contributed by atoms with Crippen LogP contribution in [0, 0.1) is 0 Å². The van der Waals surface area contributed by atoms with Crippen LogP contribution in [0.1, 0.15) is 12.5 Å². The van der Waals surface area contributed by atoms with Crippen molar-refractivity contribution in [3.8, 4) is 0 Å². The van der Waals surface area contributed by atoms with Crippen molar-refractivity contribution in [2.75, 3.05) is 45.9 Å². The van der Waals surface area contributed by atoms with Gasteiger partial charge in [0.05, 0.1) is 6.61 Å². The number of piperazine rings is 1. The lowest BCUT2D eigenvalue weighted by Gasteiger charge is -2.34. The van der Waals surface area contributed by atoms with Gasteiger partial charge >= 0.3 is 6.03 Å². The van der Waals surface area contributed by atoms with Gasteiger partial charge in [-0.2, -0.15) is 0 Å². The van der Waals surface area contributed by atoms with E-state index in [-0.39, 0.29) is 19.1 Å². The molecule has 2 heterocycles. The number of carbonyl (C=O) groups is 3. The number of nitrogens with zero attached hydrogens (tertiary/aromatic N) is 3. The normalized spacial score (nSPS) is 24.1. The molecule has 0 aromatic heterocycles. The first-order valence-corrected chi connectivity index (χ1v) is 8.76. The molecule has 0 spiro atoms. The van der Waals surface area contributed by atoms with E-state index in [1.54, 1.807) is 36.1 Å². The summed E-state index contributed by atoms with van der Waals surface area (Å²) in [5.41, 5.74) is -0.468. The van der Waals surface area contributed by atoms with Crippen LogP contribution in [-0.4, -0.2) is 83.5 Å². The fourth-order valence-electron chi connectivity index (χ4n) is 3.41. The zero-order chi connectivity index (χ0) is 18.7. The minimum absolute atomic E-state index is 0.0917. The molecule has 2 N–H and O–H groups in total. The lowest BCUT2D eigenvalue weighted by atomic mass is 9.92. The highest BCUT2D eigenvalue weighted by Gasteiger charge is 2.49. The van der Waals surface area contributed by atoms with Gasteiger partial charge in [0.15, 0.2) is 0 Å². The average Bonchev–Trinajstić information content (AvgIpc) is 2.87. The summed E-state index contributed by atoms with van der Waals surface area (Å²) in [5.74, 6) is -0.657. The molecule has 2 saturated heterocycles. The predicted octanol–water partition coefficient (Wildman–Crippen LogP) is -0.410. The van der Waals surface area contributed by atoms with Crippen molar-refractivity contribution in [3.63, 3.8) is 0 Å². The van der Waals surface area contributed by atoms with E-state index in [0.29, 0.717) is 38.3 Å². The number of nitrogens with one attached hydrogen (secondary N) is 1. The fourth-order valence-corrected chi connectivity index (χ4v) is 3.41. The molecule has 1 aromatic carbocycles. The first-order chi connectivity index (χ1) is 12.5. The highest BCUT2D eigenvalue weighted by molar-refractivity contribution is 6.09. The molecule has 1 atom stereocenters. The van der Waals surface area contributed by atoms with Crippen LogP contribution < -0.4 is 5.32 Å². The van der Waals surface area contributed by atoms with Gasteiger partial charge in [0.1, 0.15) is 12.1 Å². The van der Waals surface area contributed by atoms with Crippen molar-refractivity contribution in [3.05, 3.63) is 35.9 Å². The van der Waals surface area contributed by atoms with Gasteiger partial charge in [0.25, 0.3) is 5.91 Å². The van der Waals surface area contributed by atoms with Crippen molar-refractivity contribution in [1.29, 1.82) is 0 Å². The number of urea groups is 1. The molecule has 140 valence electrons. The van der Waals surface area contributed by atoms with Gasteiger partial charge in [0.2, 0.25) is 5.91 Å². The summed E-state index contributed by atoms with van der Waals surface area (Å²) in [6, 6.07) is 8.47. The molecule has 4 amide bonds. The molecule has 0 saturated carbocycles. The van der Waals surface area contributed by atoms with Crippen LogP contribution in [0.25, 0.3) is 0 Å². The van der Waals surface area contributed by atoms with Crippen molar-refractivity contribution in [2.24, 2.45) is 0 Å². The largest absolute Gasteiger partial charge is 0.395 e. The number of hydrogen-bond acceptors (Lipinski definition) is 5. The summed E-state index contributed by atoms with van der Waals surface area (Å²) in [7, 11) is 0. The molecule has 2 fully saturated rings. The summed E-state index contributed by atoms with van der Waals surface area (Å²) >= 11 is 0. The van der Waals surface area contributed by atoms with Crippen LogP contribution in [-0.2, 0) is 15.1 Å². The monoisotopic (exact) mass is 360 g/mol. The molecule has 2 aliphatic heterocycles. The third-order valence-electron chi connectivity index (χ3n) is 5.06. The van der Waals surface area contributed by atoms with Gasteiger partial charge in [-0.25, -0.2) is 4.79 Å². The van der Waals surface area contributed by atoms with Crippen LogP contribution in [0.4, 0.5) is 4.79 Å². The quantitative estimate of drug-likeness (QED) is 0.697. The second-order valence-corrected chi connectivity index (χ2v) is 6.76. The first kappa shape index (κ1) is 18.3. The number of carbonyl (C=O) groups excluding carboxylic acids is 3. The number of amides is 4. The smallest absolute Gasteiger partial charge is 0.325 e. The number of aliphatic hydroxyl groups excluding tert-OH is 1. The predicted molar refractivity (Wildman–Crippen MR) is 94.1 cm³/mol. The maximum atomic E-state index is 12.8. The van der Waals surface area contributed by atoms with E-state index in [0.717, 1.165) is 4.90 Å². The number of rotatable bonds is 5. The highest BCUT2D eigenvalue weighted by Crippen LogP contribution is 2.28. The maximum Gasteiger partial charge on any atom is 0.325 e. The van der Waals surface area contributed by atoms with E-state index in [4.69, 9.17) is 5.11 Å². The second-order valence-electron chi connectivity index (χ2n) is 6.76. The molecule has 3 rings (SSSR count). The van der Waals surface area contributed by atoms with E-state index >= 15 is 0 Å². The summed E-state index contributed by atoms with van der Waals surface area (Å²) in [6.45, 7) is 4.48. The van der Waals surface area contributed by atoms with Crippen LogP contribution in [0.2, 0.25) is 0 Å². The van der Waals surface area contributed by atoms with Gasteiger partial charge in [0, 0.05) is 32.7 Å². The van der Waals surface area contributed by atoms with Gasteiger partial charge in [-0.05, 0) is 12.5 Å². The Labute approximate surface area is 152 Å². The van der Waals surface area contributed by atoms with E-state index in [1.165, 1.54) is 0 Å². The molecular formula is C18H24N4O4. The van der Waals surface area contributed by atoms with Crippen molar-refractivity contribution in [1.82, 2.24) is 20.0 Å². The second kappa shape index (κ2) is 7.43. The Morgan fingerprint density at radius 3 is 2.42 bits per heavy atom. The van der Waals surface area contributed by atoms with Crippen molar-refractivity contribution in [2.45, 2.75) is 12.5 Å². The summed E-state index contributed by atoms with van der Waals surface area (Å²) < 4.78 is 0. The van der Waals surface area contributed by atoms with E-state index in [1.807, 2.05) is 6.07 Å². The topological polar surface area (TPSA) is 93.2 Å². The van der Waals surface area contributed by atoms with Crippen molar-refractivity contribution < 1.29 is 19.5 Å². The molecule has 0 radical (unpaired) electrons. The molecule has 2 aliphatic rings. The molecule has 0 bridgehead atoms. The van der Waals surface area contributed by atoms with E-state index in [9.17, 15) is 14.4 Å². The number of imide groups is 1. The van der Waals surface area contributed by atoms with Crippen LogP contribution >= 0.6 is 0 Å². The van der Waals surface area contributed by atoms with Gasteiger partial charge in [-0.15, -0.1) is 0 Å². The Kier molecular flexibility index (Phi) is 5.24. The number of β-amino-alcohol motifs (C(OH)–C–C–N with tert-alkyl or cyclic N) is 1. The van der Waals surface area contributed by atoms with Crippen LogP contribution in [0.5, 0.6) is 0 Å². The zero-order valence-corrected chi connectivity index (χ0v) is 14.9. The lowest BCUT2D eigenvalue weighted by Crippen LogP contribution is -2.52. The third kappa shape index (κ3) is 3.42. The Bertz CT molecular complexity index is 688. The van der Waals surface area contributed by atoms with E-state index < -0.39 is 17.5 Å². The summed E-state index contributed by atoms with van der Waals surface area (Å²) in [4.78, 5) is 42.4. The molecule has 8 nitrogen and oxygen atoms in total. The Balaban J connectivity index is 1.64. The Morgan fingerprint density at radius 1 is 1.15 bits per heavy atom. The minimum Gasteiger partial charge on any atom is -0.395 e. The molecule has 1 aromatic rings. The standard InChI is InChI=1S/C18H24N4O4/c1-18(14-5-3-2-4-6-14)16(25)22(17(26)19-18)13-15(24)21-9-7-20(8-10-21)11-12-23/h2-6,23H,7-13H2,1H3,(H,19,26).